The van der Waals surface area contributed by atoms with Crippen molar-refractivity contribution in [2.75, 3.05) is 17.8 Å². The minimum atomic E-state index is -3.67. The average Bonchev–Trinajstić information content (AvgIpc) is 2.73. The molecule has 2 fully saturated rings. The van der Waals surface area contributed by atoms with Gasteiger partial charge in [0.1, 0.15) is 0 Å². The zero-order valence-electron chi connectivity index (χ0n) is 15.9. The number of fused-ring (bicyclic) bond motifs is 1. The Balaban J connectivity index is 1.44. The van der Waals surface area contributed by atoms with E-state index in [2.05, 4.69) is 4.72 Å². The summed E-state index contributed by atoms with van der Waals surface area (Å²) < 4.78 is 27.6. The van der Waals surface area contributed by atoms with Crippen molar-refractivity contribution in [3.8, 4) is 0 Å². The predicted molar refractivity (Wildman–Crippen MR) is 110 cm³/mol. The van der Waals surface area contributed by atoms with Gasteiger partial charge >= 0.3 is 0 Å². The van der Waals surface area contributed by atoms with Crippen LogP contribution in [0, 0.1) is 11.8 Å². The highest BCUT2D eigenvalue weighted by Gasteiger charge is 2.33. The van der Waals surface area contributed by atoms with Gasteiger partial charge in [0.05, 0.1) is 4.90 Å². The second kappa shape index (κ2) is 7.95. The fourth-order valence-electron chi connectivity index (χ4n) is 4.46. The molecule has 148 valence electrons. The van der Waals surface area contributed by atoms with Crippen LogP contribution in [0.3, 0.4) is 0 Å². The minimum Gasteiger partial charge on any atom is -0.338 e. The highest BCUT2D eigenvalue weighted by atomic mass is 32.2. The van der Waals surface area contributed by atoms with Crippen molar-refractivity contribution >= 4 is 21.6 Å². The molecule has 28 heavy (non-hydrogen) atoms. The third-order valence-corrected chi connectivity index (χ3v) is 7.41. The lowest BCUT2D eigenvalue weighted by molar-refractivity contribution is 0.0521. The minimum absolute atomic E-state index is 0.00369. The standard InChI is InChI=1S/C22H26N2O3S/c25-22(24-15-14-17-6-4-5-7-19(17)16-24)18-10-12-21(13-11-18)28(26,27)23-20-8-2-1-3-9-20/h1-3,8-13,17,19,23H,4-7,14-16H2/t17-,19-/m0/s1. The van der Waals surface area contributed by atoms with E-state index in [1.165, 1.54) is 37.8 Å². The number of carbonyl (C=O) groups is 1. The van der Waals surface area contributed by atoms with Crippen LogP contribution in [-0.2, 0) is 10.0 Å². The van der Waals surface area contributed by atoms with Gasteiger partial charge in [-0.3, -0.25) is 9.52 Å². The highest BCUT2D eigenvalue weighted by molar-refractivity contribution is 7.92. The molecule has 5 nitrogen and oxygen atoms in total. The Morgan fingerprint density at radius 3 is 2.29 bits per heavy atom. The molecule has 4 rings (SSSR count). The smallest absolute Gasteiger partial charge is 0.261 e. The molecule has 2 aliphatic rings. The van der Waals surface area contributed by atoms with Gasteiger partial charge in [-0.15, -0.1) is 0 Å². The number of para-hydroxylation sites is 1. The molecule has 1 aliphatic carbocycles. The Kier molecular flexibility index (Phi) is 5.40. The summed E-state index contributed by atoms with van der Waals surface area (Å²) in [5.74, 6) is 1.40. The van der Waals surface area contributed by atoms with Gasteiger partial charge < -0.3 is 4.90 Å². The van der Waals surface area contributed by atoms with Gasteiger partial charge in [-0.2, -0.15) is 0 Å². The highest BCUT2D eigenvalue weighted by Crippen LogP contribution is 2.36. The van der Waals surface area contributed by atoms with Crippen molar-refractivity contribution in [3.05, 3.63) is 60.2 Å². The molecule has 1 amide bonds. The maximum absolute atomic E-state index is 12.9. The lowest BCUT2D eigenvalue weighted by Crippen LogP contribution is -2.44. The zero-order valence-corrected chi connectivity index (χ0v) is 16.7. The summed E-state index contributed by atoms with van der Waals surface area (Å²) >= 11 is 0. The van der Waals surface area contributed by atoms with Crippen LogP contribution in [0.2, 0.25) is 0 Å². The number of rotatable bonds is 4. The van der Waals surface area contributed by atoms with Crippen LogP contribution in [0.15, 0.2) is 59.5 Å². The number of sulfonamides is 1. The van der Waals surface area contributed by atoms with Gasteiger partial charge in [0.25, 0.3) is 15.9 Å². The van der Waals surface area contributed by atoms with Gasteiger partial charge in [0, 0.05) is 24.3 Å². The quantitative estimate of drug-likeness (QED) is 0.842. The van der Waals surface area contributed by atoms with Crippen molar-refractivity contribution < 1.29 is 13.2 Å². The van der Waals surface area contributed by atoms with Crippen molar-refractivity contribution in [2.45, 2.75) is 37.0 Å². The second-order valence-electron chi connectivity index (χ2n) is 7.84. The molecule has 1 saturated heterocycles. The van der Waals surface area contributed by atoms with E-state index in [-0.39, 0.29) is 10.8 Å². The first kappa shape index (κ1) is 19.0. The Labute approximate surface area is 166 Å². The Morgan fingerprint density at radius 2 is 1.57 bits per heavy atom. The van der Waals surface area contributed by atoms with Crippen LogP contribution < -0.4 is 4.72 Å². The zero-order chi connectivity index (χ0) is 19.6. The molecular formula is C22H26N2O3S. The van der Waals surface area contributed by atoms with E-state index in [1.807, 2.05) is 11.0 Å². The summed E-state index contributed by atoms with van der Waals surface area (Å²) in [6.45, 7) is 1.63. The summed E-state index contributed by atoms with van der Waals surface area (Å²) in [4.78, 5) is 15.0. The molecule has 6 heteroatoms. The normalized spacial score (nSPS) is 22.4. The summed E-state index contributed by atoms with van der Waals surface area (Å²) in [6, 6.07) is 15.0. The molecular weight excluding hydrogens is 372 g/mol. The molecule has 0 radical (unpaired) electrons. The van der Waals surface area contributed by atoms with Gasteiger partial charge in [-0.1, -0.05) is 37.5 Å². The molecule has 2 atom stereocenters. The predicted octanol–water partition coefficient (Wildman–Crippen LogP) is 4.14. The average molecular weight is 399 g/mol. The van der Waals surface area contributed by atoms with Crippen LogP contribution in [0.25, 0.3) is 0 Å². The van der Waals surface area contributed by atoms with Crippen LogP contribution in [0.4, 0.5) is 5.69 Å². The molecule has 1 aliphatic heterocycles. The number of nitrogens with zero attached hydrogens (tertiary/aromatic N) is 1. The number of carbonyl (C=O) groups excluding carboxylic acids is 1. The topological polar surface area (TPSA) is 66.5 Å². The molecule has 2 aromatic rings. The SMILES string of the molecule is O=C(c1ccc(S(=O)(=O)Nc2ccccc2)cc1)N1CC[C@@H]2CCCC[C@H]2C1. The largest absolute Gasteiger partial charge is 0.338 e. The number of likely N-dealkylation sites (tertiary alicyclic amines) is 1. The number of hydrogen-bond acceptors (Lipinski definition) is 3. The third kappa shape index (κ3) is 4.07. The fraction of sp³-hybridized carbons (Fsp3) is 0.409. The van der Waals surface area contributed by atoms with Gasteiger partial charge in [-0.25, -0.2) is 8.42 Å². The van der Waals surface area contributed by atoms with E-state index in [0.717, 1.165) is 25.4 Å². The van der Waals surface area contributed by atoms with E-state index < -0.39 is 10.0 Å². The summed E-state index contributed by atoms with van der Waals surface area (Å²) in [6.07, 6.45) is 6.19. The van der Waals surface area contributed by atoms with E-state index in [0.29, 0.717) is 17.2 Å². The van der Waals surface area contributed by atoms with Crippen LogP contribution in [0.1, 0.15) is 42.5 Å². The summed E-state index contributed by atoms with van der Waals surface area (Å²) in [7, 11) is -3.67. The second-order valence-corrected chi connectivity index (χ2v) is 9.52. The fourth-order valence-corrected chi connectivity index (χ4v) is 5.52. The van der Waals surface area contributed by atoms with E-state index in [1.54, 1.807) is 36.4 Å². The Morgan fingerprint density at radius 1 is 0.893 bits per heavy atom. The molecule has 1 saturated carbocycles. The first-order chi connectivity index (χ1) is 13.5. The van der Waals surface area contributed by atoms with E-state index >= 15 is 0 Å². The molecule has 2 aromatic carbocycles. The van der Waals surface area contributed by atoms with Crippen LogP contribution in [0.5, 0.6) is 0 Å². The van der Waals surface area contributed by atoms with Crippen LogP contribution in [-0.4, -0.2) is 32.3 Å². The maximum Gasteiger partial charge on any atom is 0.261 e. The summed E-state index contributed by atoms with van der Waals surface area (Å²) in [5, 5.41) is 0. The first-order valence-corrected chi connectivity index (χ1v) is 11.5. The number of anilines is 1. The third-order valence-electron chi connectivity index (χ3n) is 6.02. The van der Waals surface area contributed by atoms with E-state index in [4.69, 9.17) is 0 Å². The molecule has 0 unspecified atom stereocenters. The summed E-state index contributed by atoms with van der Waals surface area (Å²) in [5.41, 5.74) is 1.06. The van der Waals surface area contributed by atoms with Gasteiger partial charge in [0.2, 0.25) is 0 Å². The van der Waals surface area contributed by atoms with Gasteiger partial charge in [0.15, 0.2) is 0 Å². The molecule has 0 aromatic heterocycles. The van der Waals surface area contributed by atoms with Gasteiger partial charge in [-0.05, 0) is 61.1 Å². The monoisotopic (exact) mass is 398 g/mol. The lowest BCUT2D eigenvalue weighted by atomic mass is 9.75. The van der Waals surface area contributed by atoms with Crippen molar-refractivity contribution in [1.29, 1.82) is 0 Å². The van der Waals surface area contributed by atoms with Crippen molar-refractivity contribution in [3.63, 3.8) is 0 Å². The Bertz CT molecular complexity index is 926. The molecule has 0 spiro atoms. The van der Waals surface area contributed by atoms with Crippen molar-refractivity contribution in [2.24, 2.45) is 11.8 Å². The Hall–Kier alpha value is -2.34. The lowest BCUT2D eigenvalue weighted by Gasteiger charge is -2.41. The number of amides is 1. The van der Waals surface area contributed by atoms with E-state index in [9.17, 15) is 13.2 Å². The van der Waals surface area contributed by atoms with Crippen molar-refractivity contribution in [1.82, 2.24) is 4.90 Å². The molecule has 0 bridgehead atoms. The van der Waals surface area contributed by atoms with Crippen LogP contribution >= 0.6 is 0 Å². The maximum atomic E-state index is 12.9. The number of piperidine rings is 1. The first-order valence-electron chi connectivity index (χ1n) is 10.0. The number of nitrogens with one attached hydrogen (secondary N) is 1. The molecule has 1 heterocycles. The molecule has 1 N–H and O–H groups in total. The number of hydrogen-bond donors (Lipinski definition) is 1. The number of benzene rings is 2.